The maximum Gasteiger partial charge on any atom is 0.271 e. The number of hydrogen-bond acceptors (Lipinski definition) is 4. The highest BCUT2D eigenvalue weighted by molar-refractivity contribution is 7.13. The van der Waals surface area contributed by atoms with E-state index < -0.39 is 0 Å². The number of hydrogen-bond donors (Lipinski definition) is 2. The van der Waals surface area contributed by atoms with Crippen molar-refractivity contribution in [2.75, 3.05) is 5.73 Å². The van der Waals surface area contributed by atoms with Crippen molar-refractivity contribution in [1.82, 2.24) is 10.3 Å². The zero-order valence-corrected chi connectivity index (χ0v) is 10.5. The molecule has 1 amide bonds. The van der Waals surface area contributed by atoms with Crippen LogP contribution < -0.4 is 11.1 Å². The Morgan fingerprint density at radius 3 is 2.56 bits per heavy atom. The number of benzene rings is 1. The lowest BCUT2D eigenvalue weighted by molar-refractivity contribution is 0.0934. The first-order valence-electron chi connectivity index (χ1n) is 5.81. The molecule has 0 saturated heterocycles. The van der Waals surface area contributed by atoms with Gasteiger partial charge in [-0.25, -0.2) is 4.98 Å². The van der Waals surface area contributed by atoms with Crippen LogP contribution in [-0.2, 0) is 12.8 Å². The van der Waals surface area contributed by atoms with Crippen LogP contribution in [0.4, 0.5) is 5.13 Å². The quantitative estimate of drug-likeness (QED) is 0.861. The number of amides is 1. The Bertz CT molecular complexity index is 568. The Balaban J connectivity index is 1.68. The normalized spacial score (nSPS) is 14.4. The monoisotopic (exact) mass is 259 g/mol. The number of aromatic nitrogens is 1. The van der Waals surface area contributed by atoms with Crippen LogP contribution in [0.1, 0.15) is 21.6 Å². The zero-order chi connectivity index (χ0) is 12.5. The number of anilines is 1. The summed E-state index contributed by atoms with van der Waals surface area (Å²) in [6, 6.07) is 8.46. The SMILES string of the molecule is Nc1nc(C(=O)NC2Cc3ccccc3C2)cs1. The number of carbonyl (C=O) groups is 1. The predicted octanol–water partition coefficient (Wildman–Crippen LogP) is 1.62. The predicted molar refractivity (Wildman–Crippen MR) is 71.6 cm³/mol. The van der Waals surface area contributed by atoms with Gasteiger partial charge >= 0.3 is 0 Å². The number of fused-ring (bicyclic) bond motifs is 1. The lowest BCUT2D eigenvalue weighted by Gasteiger charge is -2.10. The molecule has 0 fully saturated rings. The number of carbonyl (C=O) groups excluding carboxylic acids is 1. The zero-order valence-electron chi connectivity index (χ0n) is 9.72. The van der Waals surface area contributed by atoms with Gasteiger partial charge in [-0.15, -0.1) is 11.3 Å². The molecule has 1 aliphatic carbocycles. The van der Waals surface area contributed by atoms with Gasteiger partial charge in [0.15, 0.2) is 5.13 Å². The van der Waals surface area contributed by atoms with Crippen molar-refractivity contribution < 1.29 is 4.79 Å². The lowest BCUT2D eigenvalue weighted by Crippen LogP contribution is -2.35. The summed E-state index contributed by atoms with van der Waals surface area (Å²) in [5.74, 6) is -0.138. The van der Waals surface area contributed by atoms with E-state index in [1.165, 1.54) is 22.5 Å². The Hall–Kier alpha value is -1.88. The Labute approximate surface area is 109 Å². The van der Waals surface area contributed by atoms with Crippen LogP contribution in [0.2, 0.25) is 0 Å². The molecular formula is C13H13N3OS. The molecule has 3 rings (SSSR count). The largest absolute Gasteiger partial charge is 0.375 e. The average Bonchev–Trinajstić information content (AvgIpc) is 2.94. The van der Waals surface area contributed by atoms with Crippen molar-refractivity contribution in [3.8, 4) is 0 Å². The first-order chi connectivity index (χ1) is 8.72. The second-order valence-electron chi connectivity index (χ2n) is 4.42. The average molecular weight is 259 g/mol. The Morgan fingerprint density at radius 1 is 1.33 bits per heavy atom. The van der Waals surface area contributed by atoms with Crippen molar-refractivity contribution in [2.24, 2.45) is 0 Å². The van der Waals surface area contributed by atoms with Crippen LogP contribution in [0.25, 0.3) is 0 Å². The van der Waals surface area contributed by atoms with Gasteiger partial charge in [0.2, 0.25) is 0 Å². The van der Waals surface area contributed by atoms with E-state index in [1.807, 2.05) is 12.1 Å². The third kappa shape index (κ3) is 2.09. The molecule has 0 radical (unpaired) electrons. The molecule has 92 valence electrons. The summed E-state index contributed by atoms with van der Waals surface area (Å²) in [6.07, 6.45) is 1.78. The van der Waals surface area contributed by atoms with Crippen LogP contribution in [-0.4, -0.2) is 16.9 Å². The minimum Gasteiger partial charge on any atom is -0.375 e. The van der Waals surface area contributed by atoms with E-state index in [4.69, 9.17) is 5.73 Å². The van der Waals surface area contributed by atoms with Crippen LogP contribution in [0.5, 0.6) is 0 Å². The van der Waals surface area contributed by atoms with Crippen molar-refractivity contribution in [1.29, 1.82) is 0 Å². The van der Waals surface area contributed by atoms with Crippen LogP contribution >= 0.6 is 11.3 Å². The van der Waals surface area contributed by atoms with E-state index in [1.54, 1.807) is 5.38 Å². The lowest BCUT2D eigenvalue weighted by atomic mass is 10.1. The Kier molecular flexibility index (Phi) is 2.76. The summed E-state index contributed by atoms with van der Waals surface area (Å²) < 4.78 is 0. The highest BCUT2D eigenvalue weighted by Crippen LogP contribution is 2.22. The molecule has 18 heavy (non-hydrogen) atoms. The van der Waals surface area contributed by atoms with E-state index in [2.05, 4.69) is 22.4 Å². The molecule has 4 nitrogen and oxygen atoms in total. The van der Waals surface area contributed by atoms with E-state index in [0.717, 1.165) is 12.8 Å². The molecule has 0 unspecified atom stereocenters. The molecule has 1 aliphatic rings. The molecule has 3 N–H and O–H groups in total. The number of nitrogens with two attached hydrogens (primary N) is 1. The van der Waals surface area contributed by atoms with Gasteiger partial charge in [-0.3, -0.25) is 4.79 Å². The minimum atomic E-state index is -0.138. The van der Waals surface area contributed by atoms with Gasteiger partial charge < -0.3 is 11.1 Å². The van der Waals surface area contributed by atoms with E-state index in [0.29, 0.717) is 10.8 Å². The molecule has 2 aromatic rings. The number of thiazole rings is 1. The van der Waals surface area contributed by atoms with Crippen molar-refractivity contribution in [2.45, 2.75) is 18.9 Å². The van der Waals surface area contributed by atoms with Gasteiger partial charge in [0, 0.05) is 11.4 Å². The fourth-order valence-electron chi connectivity index (χ4n) is 2.31. The van der Waals surface area contributed by atoms with Gasteiger partial charge in [-0.2, -0.15) is 0 Å². The standard InChI is InChI=1S/C13H13N3OS/c14-13-16-11(7-18-13)12(17)15-10-5-8-3-1-2-4-9(8)6-10/h1-4,7,10H,5-6H2,(H2,14,16)(H,15,17). The third-order valence-corrected chi connectivity index (χ3v) is 3.81. The van der Waals surface area contributed by atoms with Crippen LogP contribution in [0.3, 0.4) is 0 Å². The van der Waals surface area contributed by atoms with E-state index in [-0.39, 0.29) is 11.9 Å². The summed E-state index contributed by atoms with van der Waals surface area (Å²) in [5.41, 5.74) is 8.57. The van der Waals surface area contributed by atoms with E-state index >= 15 is 0 Å². The number of nitrogens with zero attached hydrogens (tertiary/aromatic N) is 1. The van der Waals surface area contributed by atoms with Gasteiger partial charge in [0.1, 0.15) is 5.69 Å². The second kappa shape index (κ2) is 4.42. The first kappa shape index (κ1) is 11.2. The molecule has 0 bridgehead atoms. The van der Waals surface area contributed by atoms with Crippen LogP contribution in [0.15, 0.2) is 29.6 Å². The Morgan fingerprint density at radius 2 is 2.00 bits per heavy atom. The van der Waals surface area contributed by atoms with Gasteiger partial charge in [0.05, 0.1) is 0 Å². The molecule has 5 heteroatoms. The molecule has 1 aromatic heterocycles. The smallest absolute Gasteiger partial charge is 0.271 e. The van der Waals surface area contributed by atoms with Crippen molar-refractivity contribution in [3.05, 3.63) is 46.5 Å². The second-order valence-corrected chi connectivity index (χ2v) is 5.31. The maximum atomic E-state index is 11.9. The molecule has 1 aromatic carbocycles. The molecule has 0 spiro atoms. The topological polar surface area (TPSA) is 68.0 Å². The number of nitrogen functional groups attached to an aromatic ring is 1. The summed E-state index contributed by atoms with van der Waals surface area (Å²) in [4.78, 5) is 15.9. The van der Waals surface area contributed by atoms with Crippen LogP contribution in [0, 0.1) is 0 Å². The maximum absolute atomic E-state index is 11.9. The molecule has 0 atom stereocenters. The highest BCUT2D eigenvalue weighted by atomic mass is 32.1. The van der Waals surface area contributed by atoms with Gasteiger partial charge in [-0.05, 0) is 24.0 Å². The van der Waals surface area contributed by atoms with E-state index in [9.17, 15) is 4.79 Å². The number of nitrogens with one attached hydrogen (secondary N) is 1. The summed E-state index contributed by atoms with van der Waals surface area (Å²) in [6.45, 7) is 0. The first-order valence-corrected chi connectivity index (χ1v) is 6.69. The van der Waals surface area contributed by atoms with Gasteiger partial charge in [0.25, 0.3) is 5.91 Å². The fraction of sp³-hybridized carbons (Fsp3) is 0.231. The summed E-state index contributed by atoms with van der Waals surface area (Å²) in [7, 11) is 0. The molecule has 0 aliphatic heterocycles. The molecular weight excluding hydrogens is 246 g/mol. The number of rotatable bonds is 2. The molecule has 1 heterocycles. The summed E-state index contributed by atoms with van der Waals surface area (Å²) in [5, 5.41) is 5.12. The van der Waals surface area contributed by atoms with Crippen molar-refractivity contribution in [3.63, 3.8) is 0 Å². The minimum absolute atomic E-state index is 0.138. The van der Waals surface area contributed by atoms with Gasteiger partial charge in [-0.1, -0.05) is 24.3 Å². The fourth-order valence-corrected chi connectivity index (χ4v) is 2.86. The highest BCUT2D eigenvalue weighted by Gasteiger charge is 2.23. The molecule has 0 saturated carbocycles. The summed E-state index contributed by atoms with van der Waals surface area (Å²) >= 11 is 1.28. The van der Waals surface area contributed by atoms with Crippen molar-refractivity contribution >= 4 is 22.4 Å². The third-order valence-electron chi connectivity index (χ3n) is 3.14.